The van der Waals surface area contributed by atoms with Crippen molar-refractivity contribution in [3.8, 4) is 17.1 Å². The van der Waals surface area contributed by atoms with E-state index in [0.29, 0.717) is 30.6 Å². The molecular formula is C22H22N8O2. The zero-order valence-corrected chi connectivity index (χ0v) is 17.5. The molecule has 4 heterocycles. The molecule has 10 heteroatoms. The van der Waals surface area contributed by atoms with Crippen LogP contribution in [0, 0.1) is 0 Å². The molecule has 10 nitrogen and oxygen atoms in total. The molecule has 1 aliphatic heterocycles. The Bertz CT molecular complexity index is 1240. The standard InChI is InChI=1S/C22H22N8O2/c1-31-18-4-2-3-16(13-18)15-24-27-19-14-20(29-9-11-32-12-10-29)30-22(25-19)26-21(28-30)17-5-7-23-8-6-17/h2-8,13-15H,9-12H2,1H3,(H,25,26,27,28). The minimum Gasteiger partial charge on any atom is -0.497 e. The number of methoxy groups -OCH3 is 1. The minimum atomic E-state index is 0.486. The fraction of sp³-hybridized carbons (Fsp3) is 0.227. The molecule has 0 radical (unpaired) electrons. The largest absolute Gasteiger partial charge is 0.497 e. The summed E-state index contributed by atoms with van der Waals surface area (Å²) < 4.78 is 12.5. The summed E-state index contributed by atoms with van der Waals surface area (Å²) in [6.45, 7) is 2.84. The van der Waals surface area contributed by atoms with E-state index >= 15 is 0 Å². The summed E-state index contributed by atoms with van der Waals surface area (Å²) in [4.78, 5) is 15.5. The van der Waals surface area contributed by atoms with Crippen LogP contribution < -0.4 is 15.1 Å². The van der Waals surface area contributed by atoms with Gasteiger partial charge in [-0.15, -0.1) is 5.10 Å². The van der Waals surface area contributed by atoms with Crippen molar-refractivity contribution in [2.24, 2.45) is 5.10 Å². The molecule has 1 aliphatic rings. The fourth-order valence-electron chi connectivity index (χ4n) is 3.45. The number of pyridine rings is 1. The van der Waals surface area contributed by atoms with Gasteiger partial charge < -0.3 is 14.4 Å². The third-order valence-electron chi connectivity index (χ3n) is 5.05. The third-order valence-corrected chi connectivity index (χ3v) is 5.05. The van der Waals surface area contributed by atoms with Gasteiger partial charge in [0.15, 0.2) is 11.6 Å². The number of ether oxygens (including phenoxy) is 2. The fourth-order valence-corrected chi connectivity index (χ4v) is 3.45. The normalized spacial score (nSPS) is 14.2. The van der Waals surface area contributed by atoms with Gasteiger partial charge in [0.25, 0.3) is 5.78 Å². The van der Waals surface area contributed by atoms with Gasteiger partial charge in [0.2, 0.25) is 0 Å². The first kappa shape index (κ1) is 19.9. The summed E-state index contributed by atoms with van der Waals surface area (Å²) in [6, 6.07) is 13.3. The average Bonchev–Trinajstić information content (AvgIpc) is 3.29. The predicted molar refractivity (Wildman–Crippen MR) is 121 cm³/mol. The van der Waals surface area contributed by atoms with Crippen molar-refractivity contribution in [2.75, 3.05) is 43.7 Å². The van der Waals surface area contributed by atoms with E-state index in [2.05, 4.69) is 30.4 Å². The second kappa shape index (κ2) is 8.98. The Morgan fingerprint density at radius 3 is 2.75 bits per heavy atom. The van der Waals surface area contributed by atoms with Gasteiger partial charge >= 0.3 is 0 Å². The molecular weight excluding hydrogens is 408 g/mol. The summed E-state index contributed by atoms with van der Waals surface area (Å²) >= 11 is 0. The van der Waals surface area contributed by atoms with Crippen LogP contribution in [-0.4, -0.2) is 64.2 Å². The predicted octanol–water partition coefficient (Wildman–Crippen LogP) is 2.48. The topological polar surface area (TPSA) is 102 Å². The van der Waals surface area contributed by atoms with E-state index in [1.165, 1.54) is 0 Å². The van der Waals surface area contributed by atoms with Crippen molar-refractivity contribution >= 4 is 23.6 Å². The molecule has 1 N–H and O–H groups in total. The van der Waals surface area contributed by atoms with E-state index in [-0.39, 0.29) is 0 Å². The maximum absolute atomic E-state index is 5.51. The Balaban J connectivity index is 1.48. The Labute approximate surface area is 184 Å². The quantitative estimate of drug-likeness (QED) is 0.368. The van der Waals surface area contributed by atoms with Crippen LogP contribution in [0.1, 0.15) is 5.56 Å². The molecule has 0 saturated carbocycles. The number of aromatic nitrogens is 5. The molecule has 0 spiro atoms. The van der Waals surface area contributed by atoms with Crippen molar-refractivity contribution in [2.45, 2.75) is 0 Å². The van der Waals surface area contributed by atoms with Crippen molar-refractivity contribution < 1.29 is 9.47 Å². The smallest absolute Gasteiger partial charge is 0.256 e. The third kappa shape index (κ3) is 4.21. The monoisotopic (exact) mass is 430 g/mol. The molecule has 162 valence electrons. The number of benzene rings is 1. The molecule has 1 fully saturated rings. The van der Waals surface area contributed by atoms with E-state index in [1.54, 1.807) is 30.2 Å². The van der Waals surface area contributed by atoms with Gasteiger partial charge in [-0.2, -0.15) is 19.6 Å². The number of fused-ring (bicyclic) bond motifs is 1. The molecule has 3 aromatic heterocycles. The van der Waals surface area contributed by atoms with Gasteiger partial charge in [0, 0.05) is 37.1 Å². The van der Waals surface area contributed by atoms with Crippen LogP contribution >= 0.6 is 0 Å². The second-order valence-corrected chi connectivity index (χ2v) is 7.13. The highest BCUT2D eigenvalue weighted by atomic mass is 16.5. The van der Waals surface area contributed by atoms with Crippen LogP contribution in [0.5, 0.6) is 5.75 Å². The highest BCUT2D eigenvalue weighted by molar-refractivity contribution is 5.80. The number of rotatable bonds is 6. The highest BCUT2D eigenvalue weighted by Gasteiger charge is 2.19. The van der Waals surface area contributed by atoms with Crippen LogP contribution in [0.4, 0.5) is 11.6 Å². The molecule has 5 rings (SSSR count). The van der Waals surface area contributed by atoms with E-state index < -0.39 is 0 Å². The van der Waals surface area contributed by atoms with Crippen LogP contribution in [0.3, 0.4) is 0 Å². The van der Waals surface area contributed by atoms with Gasteiger partial charge in [0.1, 0.15) is 11.6 Å². The van der Waals surface area contributed by atoms with Gasteiger partial charge in [-0.05, 0) is 29.8 Å². The maximum Gasteiger partial charge on any atom is 0.256 e. The van der Waals surface area contributed by atoms with Crippen molar-refractivity contribution in [1.29, 1.82) is 0 Å². The second-order valence-electron chi connectivity index (χ2n) is 7.13. The first-order valence-corrected chi connectivity index (χ1v) is 10.2. The molecule has 32 heavy (non-hydrogen) atoms. The minimum absolute atomic E-state index is 0.486. The van der Waals surface area contributed by atoms with E-state index in [9.17, 15) is 0 Å². The number of hydrogen-bond donors (Lipinski definition) is 1. The van der Waals surface area contributed by atoms with Crippen LogP contribution in [0.25, 0.3) is 17.2 Å². The highest BCUT2D eigenvalue weighted by Crippen LogP contribution is 2.23. The summed E-state index contributed by atoms with van der Waals surface area (Å²) in [5.74, 6) is 3.30. The van der Waals surface area contributed by atoms with E-state index in [0.717, 1.165) is 35.8 Å². The Morgan fingerprint density at radius 1 is 1.09 bits per heavy atom. The molecule has 0 aliphatic carbocycles. The lowest BCUT2D eigenvalue weighted by molar-refractivity contribution is 0.122. The maximum atomic E-state index is 5.51. The summed E-state index contributed by atoms with van der Waals surface area (Å²) in [5, 5.41) is 9.04. The number of anilines is 2. The van der Waals surface area contributed by atoms with Gasteiger partial charge in [-0.1, -0.05) is 12.1 Å². The zero-order chi connectivity index (χ0) is 21.8. The number of hydrazone groups is 1. The van der Waals surface area contributed by atoms with E-state index in [4.69, 9.17) is 14.6 Å². The van der Waals surface area contributed by atoms with Crippen LogP contribution in [0.2, 0.25) is 0 Å². The van der Waals surface area contributed by atoms with Gasteiger partial charge in [-0.3, -0.25) is 10.4 Å². The molecule has 0 unspecified atom stereocenters. The van der Waals surface area contributed by atoms with Gasteiger partial charge in [-0.25, -0.2) is 0 Å². The number of nitrogens with zero attached hydrogens (tertiary/aromatic N) is 7. The average molecular weight is 430 g/mol. The Kier molecular flexibility index (Phi) is 5.58. The summed E-state index contributed by atoms with van der Waals surface area (Å²) in [5.41, 5.74) is 4.81. The molecule has 0 amide bonds. The zero-order valence-electron chi connectivity index (χ0n) is 17.5. The lowest BCUT2D eigenvalue weighted by Gasteiger charge is -2.28. The Morgan fingerprint density at radius 2 is 1.94 bits per heavy atom. The Hall–Kier alpha value is -4.05. The SMILES string of the molecule is COc1cccc(C=NNc2cc(N3CCOCC3)n3nc(-c4ccncc4)nc3n2)c1. The molecule has 0 bridgehead atoms. The van der Waals surface area contributed by atoms with Crippen molar-refractivity contribution in [1.82, 2.24) is 24.6 Å². The van der Waals surface area contributed by atoms with Crippen LogP contribution in [-0.2, 0) is 4.74 Å². The summed E-state index contributed by atoms with van der Waals surface area (Å²) in [7, 11) is 1.64. The first-order chi connectivity index (χ1) is 15.8. The first-order valence-electron chi connectivity index (χ1n) is 10.2. The number of morpholine rings is 1. The summed E-state index contributed by atoms with van der Waals surface area (Å²) in [6.07, 6.45) is 5.16. The molecule has 1 aromatic carbocycles. The van der Waals surface area contributed by atoms with Gasteiger partial charge in [0.05, 0.1) is 26.5 Å². The van der Waals surface area contributed by atoms with Crippen molar-refractivity contribution in [3.05, 3.63) is 60.4 Å². The lowest BCUT2D eigenvalue weighted by atomic mass is 10.2. The number of hydrogen-bond acceptors (Lipinski definition) is 9. The van der Waals surface area contributed by atoms with Crippen LogP contribution in [0.15, 0.2) is 60.0 Å². The molecule has 0 atom stereocenters. The van der Waals surface area contributed by atoms with Crippen molar-refractivity contribution in [3.63, 3.8) is 0 Å². The molecule has 1 saturated heterocycles. The van der Waals surface area contributed by atoms with E-state index in [1.807, 2.05) is 42.5 Å². The lowest BCUT2D eigenvalue weighted by Crippen LogP contribution is -2.37. The number of nitrogens with one attached hydrogen (secondary N) is 1. The molecule has 4 aromatic rings.